The van der Waals surface area contributed by atoms with E-state index in [4.69, 9.17) is 25.5 Å². The predicted octanol–water partition coefficient (Wildman–Crippen LogP) is 1.93. The summed E-state index contributed by atoms with van der Waals surface area (Å²) in [6.07, 6.45) is -0.833. The van der Waals surface area contributed by atoms with Crippen LogP contribution >= 0.6 is 0 Å². The van der Waals surface area contributed by atoms with Gasteiger partial charge in [-0.15, -0.1) is 0 Å². The largest absolute Gasteiger partial charge is 0.394 e. The van der Waals surface area contributed by atoms with Crippen LogP contribution in [0.1, 0.15) is 69.2 Å². The fourth-order valence-electron chi connectivity index (χ4n) is 0. The third-order valence-electron chi connectivity index (χ3n) is 0. The van der Waals surface area contributed by atoms with E-state index in [1.807, 2.05) is 0 Å². The zero-order chi connectivity index (χ0) is 17.9. The Kier molecular flexibility index (Phi) is 58.1. The van der Waals surface area contributed by atoms with Gasteiger partial charge in [0.25, 0.3) is 0 Å². The SMILES string of the molecule is CC(C)O.CC(C)O.CC(C)O.CC(C)O.CC(C)O.[Ti]. The molecule has 0 saturated heterocycles. The summed E-state index contributed by atoms with van der Waals surface area (Å²) in [5.74, 6) is 0. The molecule has 21 heavy (non-hydrogen) atoms. The van der Waals surface area contributed by atoms with Crippen LogP contribution in [0.3, 0.4) is 0 Å². The van der Waals surface area contributed by atoms with Gasteiger partial charge in [0.15, 0.2) is 0 Å². The van der Waals surface area contributed by atoms with Crippen molar-refractivity contribution in [1.82, 2.24) is 0 Å². The van der Waals surface area contributed by atoms with Crippen LogP contribution in [0.2, 0.25) is 0 Å². The average Bonchev–Trinajstić information content (AvgIpc) is 1.94. The van der Waals surface area contributed by atoms with E-state index in [2.05, 4.69) is 0 Å². The fourth-order valence-corrected chi connectivity index (χ4v) is 0. The van der Waals surface area contributed by atoms with E-state index in [9.17, 15) is 0 Å². The molecule has 0 aromatic rings. The summed E-state index contributed by atoms with van der Waals surface area (Å²) in [5, 5.41) is 40.3. The van der Waals surface area contributed by atoms with E-state index in [1.165, 1.54) is 0 Å². The molecule has 0 spiro atoms. The first-order valence-electron chi connectivity index (χ1n) is 7.06. The number of aliphatic hydroxyl groups excluding tert-OH is 5. The molecule has 0 aromatic carbocycles. The predicted molar refractivity (Wildman–Crippen MR) is 86.8 cm³/mol. The van der Waals surface area contributed by atoms with Crippen LogP contribution in [0.5, 0.6) is 0 Å². The third kappa shape index (κ3) is 26600. The summed E-state index contributed by atoms with van der Waals surface area (Å²) in [6, 6.07) is 0. The van der Waals surface area contributed by atoms with E-state index in [1.54, 1.807) is 69.2 Å². The Hall–Kier alpha value is 0.514. The molecule has 0 amide bonds. The molecule has 0 aliphatic heterocycles. The molecule has 0 unspecified atom stereocenters. The minimum atomic E-state index is -0.167. The number of aliphatic hydroxyl groups is 5. The van der Waals surface area contributed by atoms with Gasteiger partial charge in [-0.3, -0.25) is 0 Å². The minimum Gasteiger partial charge on any atom is -0.394 e. The number of rotatable bonds is 0. The molecular weight excluding hydrogens is 308 g/mol. The maximum atomic E-state index is 8.06. The molecule has 0 radical (unpaired) electrons. The van der Waals surface area contributed by atoms with E-state index < -0.39 is 0 Å². The normalized spacial score (nSPS) is 8.57. The Morgan fingerprint density at radius 3 is 0.333 bits per heavy atom. The van der Waals surface area contributed by atoms with E-state index in [-0.39, 0.29) is 52.2 Å². The summed E-state index contributed by atoms with van der Waals surface area (Å²) >= 11 is 0. The van der Waals surface area contributed by atoms with Gasteiger partial charge in [0, 0.05) is 52.2 Å². The Bertz CT molecular complexity index is 80.6. The third-order valence-corrected chi connectivity index (χ3v) is 0. The standard InChI is InChI=1S/5C3H8O.Ti/c5*1-3(2)4;/h5*3-4H,1-2H3;. The van der Waals surface area contributed by atoms with E-state index >= 15 is 0 Å². The van der Waals surface area contributed by atoms with Crippen molar-refractivity contribution in [3.63, 3.8) is 0 Å². The van der Waals surface area contributed by atoms with Gasteiger partial charge < -0.3 is 25.5 Å². The summed E-state index contributed by atoms with van der Waals surface area (Å²) in [6.45, 7) is 17.2. The summed E-state index contributed by atoms with van der Waals surface area (Å²) < 4.78 is 0. The maximum Gasteiger partial charge on any atom is 0.0483 e. The molecule has 6 heteroatoms. The second kappa shape index (κ2) is 32.5. The molecule has 0 aliphatic rings. The zero-order valence-corrected chi connectivity index (χ0v) is 17.2. The van der Waals surface area contributed by atoms with Crippen LogP contribution in [-0.2, 0) is 21.7 Å². The van der Waals surface area contributed by atoms with Crippen molar-refractivity contribution in [2.75, 3.05) is 0 Å². The fraction of sp³-hybridized carbons (Fsp3) is 1.00. The molecule has 0 fully saturated rings. The van der Waals surface area contributed by atoms with Crippen molar-refractivity contribution in [2.45, 2.75) is 99.8 Å². The van der Waals surface area contributed by atoms with Crippen molar-refractivity contribution >= 4 is 0 Å². The van der Waals surface area contributed by atoms with E-state index in [0.29, 0.717) is 0 Å². The van der Waals surface area contributed by atoms with Gasteiger partial charge >= 0.3 is 0 Å². The van der Waals surface area contributed by atoms with E-state index in [0.717, 1.165) is 0 Å². The topological polar surface area (TPSA) is 101 Å². The quantitative estimate of drug-likeness (QED) is 0.431. The molecule has 0 rings (SSSR count). The smallest absolute Gasteiger partial charge is 0.0483 e. The molecule has 0 aliphatic carbocycles. The summed E-state index contributed by atoms with van der Waals surface area (Å²) in [4.78, 5) is 0. The Morgan fingerprint density at radius 1 is 0.333 bits per heavy atom. The first-order valence-corrected chi connectivity index (χ1v) is 7.06. The van der Waals surface area contributed by atoms with Gasteiger partial charge in [0.2, 0.25) is 0 Å². The van der Waals surface area contributed by atoms with Gasteiger partial charge in [-0.1, -0.05) is 0 Å². The first kappa shape index (κ1) is 37.6. The molecule has 0 heterocycles. The second-order valence-corrected chi connectivity index (χ2v) is 5.47. The molecule has 5 nitrogen and oxygen atoms in total. The Balaban J connectivity index is -0.0000000331. The van der Waals surface area contributed by atoms with Crippen LogP contribution in [0.15, 0.2) is 0 Å². The summed E-state index contributed by atoms with van der Waals surface area (Å²) in [5.41, 5.74) is 0. The van der Waals surface area contributed by atoms with Crippen molar-refractivity contribution in [3.8, 4) is 0 Å². The molecule has 0 bridgehead atoms. The van der Waals surface area contributed by atoms with Crippen molar-refractivity contribution in [3.05, 3.63) is 0 Å². The molecule has 0 saturated carbocycles. The Morgan fingerprint density at radius 2 is 0.333 bits per heavy atom. The van der Waals surface area contributed by atoms with Crippen LogP contribution < -0.4 is 0 Å². The van der Waals surface area contributed by atoms with Crippen molar-refractivity contribution < 1.29 is 47.3 Å². The van der Waals surface area contributed by atoms with Gasteiger partial charge in [-0.2, -0.15) is 0 Å². The molecular formula is C15H40O5Ti. The second-order valence-electron chi connectivity index (χ2n) is 5.47. The number of hydrogen-bond donors (Lipinski definition) is 5. The summed E-state index contributed by atoms with van der Waals surface area (Å²) in [7, 11) is 0. The molecule has 134 valence electrons. The van der Waals surface area contributed by atoms with Crippen LogP contribution in [0.4, 0.5) is 0 Å². The van der Waals surface area contributed by atoms with Gasteiger partial charge in [-0.25, -0.2) is 0 Å². The Labute approximate surface area is 147 Å². The van der Waals surface area contributed by atoms with Gasteiger partial charge in [-0.05, 0) is 69.2 Å². The van der Waals surface area contributed by atoms with Gasteiger partial charge in [0.05, 0.1) is 0 Å². The zero-order valence-electron chi connectivity index (χ0n) is 15.6. The van der Waals surface area contributed by atoms with Crippen molar-refractivity contribution in [1.29, 1.82) is 0 Å². The van der Waals surface area contributed by atoms with Crippen LogP contribution in [-0.4, -0.2) is 56.1 Å². The van der Waals surface area contributed by atoms with Gasteiger partial charge in [0.1, 0.15) is 0 Å². The monoisotopic (exact) mass is 348 g/mol. The minimum absolute atomic E-state index is 0. The number of hydrogen-bond acceptors (Lipinski definition) is 5. The maximum absolute atomic E-state index is 8.06. The van der Waals surface area contributed by atoms with Crippen LogP contribution in [0, 0.1) is 0 Å². The molecule has 0 atom stereocenters. The molecule has 5 N–H and O–H groups in total. The first-order chi connectivity index (χ1) is 8.66. The van der Waals surface area contributed by atoms with Crippen LogP contribution in [0.25, 0.3) is 0 Å². The van der Waals surface area contributed by atoms with Crippen molar-refractivity contribution in [2.24, 2.45) is 0 Å². The molecule has 0 aromatic heterocycles. The average molecular weight is 348 g/mol.